The van der Waals surface area contributed by atoms with Crippen LogP contribution in [0.3, 0.4) is 0 Å². The lowest BCUT2D eigenvalue weighted by Gasteiger charge is -2.28. The standard InChI is InChI=1S/C8H15FN2/c1-11-5-7(9)3-2-4-8(7,10)6-11/h2-6,10H2,1H3/t7-,8+/m0/s1. The highest BCUT2D eigenvalue weighted by atomic mass is 19.1. The van der Waals surface area contributed by atoms with Crippen LogP contribution < -0.4 is 5.73 Å². The summed E-state index contributed by atoms with van der Waals surface area (Å²) in [5.41, 5.74) is 4.36. The average Bonchev–Trinajstić information content (AvgIpc) is 2.16. The van der Waals surface area contributed by atoms with Crippen molar-refractivity contribution in [1.82, 2.24) is 4.90 Å². The quantitative estimate of drug-likeness (QED) is 0.557. The van der Waals surface area contributed by atoms with Gasteiger partial charge in [0.15, 0.2) is 0 Å². The lowest BCUT2D eigenvalue weighted by Crippen LogP contribution is -2.53. The van der Waals surface area contributed by atoms with E-state index in [4.69, 9.17) is 5.73 Å². The van der Waals surface area contributed by atoms with Crippen LogP contribution in [0.15, 0.2) is 0 Å². The van der Waals surface area contributed by atoms with Gasteiger partial charge in [0.1, 0.15) is 5.67 Å². The number of nitrogens with two attached hydrogens (primary N) is 1. The molecule has 2 rings (SSSR count). The summed E-state index contributed by atoms with van der Waals surface area (Å²) >= 11 is 0. The second-order valence-corrected chi connectivity index (χ2v) is 4.15. The smallest absolute Gasteiger partial charge is 0.142 e. The maximum Gasteiger partial charge on any atom is 0.142 e. The van der Waals surface area contributed by atoms with E-state index in [9.17, 15) is 4.39 Å². The molecule has 0 radical (unpaired) electrons. The van der Waals surface area contributed by atoms with E-state index in [1.165, 1.54) is 0 Å². The van der Waals surface area contributed by atoms with Crippen molar-refractivity contribution in [3.8, 4) is 0 Å². The largest absolute Gasteiger partial charge is 0.321 e. The molecule has 0 unspecified atom stereocenters. The third-order valence-corrected chi connectivity index (χ3v) is 3.16. The van der Waals surface area contributed by atoms with Gasteiger partial charge in [-0.25, -0.2) is 4.39 Å². The van der Waals surface area contributed by atoms with Crippen molar-refractivity contribution in [2.24, 2.45) is 5.73 Å². The molecule has 2 fully saturated rings. The maximum atomic E-state index is 14.0. The van der Waals surface area contributed by atoms with E-state index in [1.807, 2.05) is 11.9 Å². The molecule has 2 N–H and O–H groups in total. The van der Waals surface area contributed by atoms with Crippen molar-refractivity contribution in [3.63, 3.8) is 0 Å². The fourth-order valence-electron chi connectivity index (χ4n) is 2.58. The average molecular weight is 158 g/mol. The van der Waals surface area contributed by atoms with Crippen LogP contribution in [0.4, 0.5) is 4.39 Å². The van der Waals surface area contributed by atoms with Crippen LogP contribution in [0.2, 0.25) is 0 Å². The Labute approximate surface area is 66.5 Å². The Balaban J connectivity index is 2.28. The summed E-state index contributed by atoms with van der Waals surface area (Å²) in [6.45, 7) is 1.26. The highest BCUT2D eigenvalue weighted by Crippen LogP contribution is 2.45. The van der Waals surface area contributed by atoms with Crippen molar-refractivity contribution >= 4 is 0 Å². The number of likely N-dealkylation sites (N-methyl/N-ethyl adjacent to an activating group) is 1. The Hall–Kier alpha value is -0.150. The number of nitrogens with zero attached hydrogens (tertiary/aromatic N) is 1. The molecule has 1 aliphatic carbocycles. The Morgan fingerprint density at radius 2 is 2.09 bits per heavy atom. The van der Waals surface area contributed by atoms with Crippen LogP contribution in [-0.2, 0) is 0 Å². The summed E-state index contributed by atoms with van der Waals surface area (Å²) in [4.78, 5) is 2.00. The summed E-state index contributed by atoms with van der Waals surface area (Å²) in [5, 5.41) is 0. The zero-order valence-corrected chi connectivity index (χ0v) is 6.94. The van der Waals surface area contributed by atoms with Gasteiger partial charge in [-0.1, -0.05) is 0 Å². The third kappa shape index (κ3) is 0.842. The summed E-state index contributed by atoms with van der Waals surface area (Å²) in [7, 11) is 1.94. The summed E-state index contributed by atoms with van der Waals surface area (Å²) in [6, 6.07) is 0. The van der Waals surface area contributed by atoms with E-state index in [1.54, 1.807) is 0 Å². The SMILES string of the molecule is CN1C[C@]2(N)CCC[C@]2(F)C1. The lowest BCUT2D eigenvalue weighted by molar-refractivity contribution is 0.129. The van der Waals surface area contributed by atoms with E-state index >= 15 is 0 Å². The molecule has 0 aromatic heterocycles. The van der Waals surface area contributed by atoms with E-state index in [-0.39, 0.29) is 0 Å². The Bertz CT molecular complexity index is 167. The number of hydrogen-bond acceptors (Lipinski definition) is 2. The maximum absolute atomic E-state index is 14.0. The van der Waals surface area contributed by atoms with Gasteiger partial charge < -0.3 is 10.6 Å². The predicted octanol–water partition coefficient (Wildman–Crippen LogP) is 0.521. The van der Waals surface area contributed by atoms with Gasteiger partial charge in [0.2, 0.25) is 0 Å². The molecule has 2 nitrogen and oxygen atoms in total. The van der Waals surface area contributed by atoms with Gasteiger partial charge in [-0.3, -0.25) is 0 Å². The Kier molecular flexibility index (Phi) is 1.33. The zero-order valence-electron chi connectivity index (χ0n) is 6.94. The fourth-order valence-corrected chi connectivity index (χ4v) is 2.58. The molecular formula is C8H15FN2. The molecule has 0 amide bonds. The van der Waals surface area contributed by atoms with Gasteiger partial charge in [-0.05, 0) is 26.3 Å². The van der Waals surface area contributed by atoms with E-state index < -0.39 is 11.2 Å². The third-order valence-electron chi connectivity index (χ3n) is 3.16. The predicted molar refractivity (Wildman–Crippen MR) is 42.1 cm³/mol. The molecule has 1 saturated heterocycles. The van der Waals surface area contributed by atoms with Crippen LogP contribution >= 0.6 is 0 Å². The Morgan fingerprint density at radius 3 is 2.73 bits per heavy atom. The van der Waals surface area contributed by atoms with Crippen LogP contribution in [0.1, 0.15) is 19.3 Å². The number of halogens is 1. The van der Waals surface area contributed by atoms with Gasteiger partial charge >= 0.3 is 0 Å². The first-order chi connectivity index (χ1) is 5.06. The normalized spacial score (nSPS) is 51.5. The van der Waals surface area contributed by atoms with Crippen molar-refractivity contribution in [3.05, 3.63) is 0 Å². The molecule has 0 aromatic rings. The minimum Gasteiger partial charge on any atom is -0.321 e. The molecule has 64 valence electrons. The highest BCUT2D eigenvalue weighted by molar-refractivity contribution is 5.15. The fraction of sp³-hybridized carbons (Fsp3) is 1.00. The zero-order chi connectivity index (χ0) is 8.11. The monoisotopic (exact) mass is 158 g/mol. The molecule has 0 bridgehead atoms. The number of hydrogen-bond donors (Lipinski definition) is 1. The number of rotatable bonds is 0. The molecular weight excluding hydrogens is 143 g/mol. The molecule has 2 atom stereocenters. The van der Waals surface area contributed by atoms with Crippen molar-refractivity contribution < 1.29 is 4.39 Å². The van der Waals surface area contributed by atoms with Crippen LogP contribution in [0.5, 0.6) is 0 Å². The first-order valence-corrected chi connectivity index (χ1v) is 4.22. The Morgan fingerprint density at radius 1 is 1.36 bits per heavy atom. The minimum atomic E-state index is -1.08. The van der Waals surface area contributed by atoms with Crippen LogP contribution in [-0.4, -0.2) is 36.2 Å². The number of likely N-dealkylation sites (tertiary alicyclic amines) is 1. The van der Waals surface area contributed by atoms with Gasteiger partial charge in [-0.15, -0.1) is 0 Å². The molecule has 0 aromatic carbocycles. The van der Waals surface area contributed by atoms with Gasteiger partial charge in [0.05, 0.1) is 5.54 Å². The van der Waals surface area contributed by atoms with Gasteiger partial charge in [0, 0.05) is 13.1 Å². The van der Waals surface area contributed by atoms with Crippen molar-refractivity contribution in [2.75, 3.05) is 20.1 Å². The summed E-state index contributed by atoms with van der Waals surface area (Å²) < 4.78 is 14.0. The van der Waals surface area contributed by atoms with E-state index in [0.717, 1.165) is 19.4 Å². The van der Waals surface area contributed by atoms with Crippen molar-refractivity contribution in [2.45, 2.75) is 30.5 Å². The van der Waals surface area contributed by atoms with Crippen molar-refractivity contribution in [1.29, 1.82) is 0 Å². The second-order valence-electron chi connectivity index (χ2n) is 4.15. The first-order valence-electron chi connectivity index (χ1n) is 4.22. The molecule has 1 heterocycles. The first kappa shape index (κ1) is 7.50. The van der Waals surface area contributed by atoms with E-state index in [2.05, 4.69) is 0 Å². The van der Waals surface area contributed by atoms with E-state index in [0.29, 0.717) is 13.0 Å². The number of alkyl halides is 1. The van der Waals surface area contributed by atoms with Crippen LogP contribution in [0, 0.1) is 0 Å². The highest BCUT2D eigenvalue weighted by Gasteiger charge is 2.58. The second kappa shape index (κ2) is 1.96. The lowest BCUT2D eigenvalue weighted by atomic mass is 9.89. The number of fused-ring (bicyclic) bond motifs is 1. The van der Waals surface area contributed by atoms with Gasteiger partial charge in [0.25, 0.3) is 0 Å². The summed E-state index contributed by atoms with van der Waals surface area (Å²) in [6.07, 6.45) is 2.47. The minimum absolute atomic E-state index is 0.526. The van der Waals surface area contributed by atoms with Gasteiger partial charge in [-0.2, -0.15) is 0 Å². The molecule has 0 spiro atoms. The molecule has 2 aliphatic rings. The topological polar surface area (TPSA) is 29.3 Å². The molecule has 1 aliphatic heterocycles. The molecule has 1 saturated carbocycles. The summed E-state index contributed by atoms with van der Waals surface area (Å²) in [5.74, 6) is 0. The molecule has 11 heavy (non-hydrogen) atoms. The van der Waals surface area contributed by atoms with Crippen LogP contribution in [0.25, 0.3) is 0 Å². The molecule has 3 heteroatoms.